The SMILES string of the molecule is COc1ccc(S(=O)(=O)NC2(CN)CCCC2)cc1.Cl. The molecule has 0 bridgehead atoms. The van der Waals surface area contributed by atoms with Crippen LogP contribution in [0.5, 0.6) is 5.75 Å². The van der Waals surface area contributed by atoms with E-state index in [-0.39, 0.29) is 17.3 Å². The molecule has 114 valence electrons. The summed E-state index contributed by atoms with van der Waals surface area (Å²) in [6, 6.07) is 6.36. The summed E-state index contributed by atoms with van der Waals surface area (Å²) in [7, 11) is -1.98. The highest BCUT2D eigenvalue weighted by atomic mass is 35.5. The predicted molar refractivity (Wildman–Crippen MR) is 80.8 cm³/mol. The van der Waals surface area contributed by atoms with Crippen LogP contribution < -0.4 is 15.2 Å². The van der Waals surface area contributed by atoms with Crippen molar-refractivity contribution in [3.63, 3.8) is 0 Å². The highest BCUT2D eigenvalue weighted by Gasteiger charge is 2.36. The molecular formula is C13H21ClN2O3S. The van der Waals surface area contributed by atoms with Crippen LogP contribution in [0.2, 0.25) is 0 Å². The zero-order valence-electron chi connectivity index (χ0n) is 11.5. The molecule has 0 atom stereocenters. The van der Waals surface area contributed by atoms with Crippen LogP contribution in [0.3, 0.4) is 0 Å². The van der Waals surface area contributed by atoms with E-state index in [1.54, 1.807) is 31.4 Å². The van der Waals surface area contributed by atoms with Gasteiger partial charge in [-0.15, -0.1) is 12.4 Å². The Labute approximate surface area is 126 Å². The number of benzene rings is 1. The van der Waals surface area contributed by atoms with Gasteiger partial charge in [-0.25, -0.2) is 13.1 Å². The minimum absolute atomic E-state index is 0. The molecule has 0 saturated heterocycles. The molecule has 1 aromatic carbocycles. The van der Waals surface area contributed by atoms with Crippen molar-refractivity contribution in [2.75, 3.05) is 13.7 Å². The van der Waals surface area contributed by atoms with E-state index in [4.69, 9.17) is 10.5 Å². The third kappa shape index (κ3) is 3.63. The van der Waals surface area contributed by atoms with E-state index in [0.29, 0.717) is 12.3 Å². The van der Waals surface area contributed by atoms with Crippen LogP contribution in [-0.2, 0) is 10.0 Å². The molecule has 7 heteroatoms. The van der Waals surface area contributed by atoms with Gasteiger partial charge in [0.05, 0.1) is 12.0 Å². The van der Waals surface area contributed by atoms with Gasteiger partial charge in [-0.1, -0.05) is 12.8 Å². The maximum absolute atomic E-state index is 12.3. The first-order valence-corrected chi connectivity index (χ1v) is 7.88. The number of hydrogen-bond donors (Lipinski definition) is 2. The van der Waals surface area contributed by atoms with Gasteiger partial charge in [0, 0.05) is 12.1 Å². The Morgan fingerprint density at radius 2 is 1.80 bits per heavy atom. The molecule has 1 aliphatic carbocycles. The summed E-state index contributed by atoms with van der Waals surface area (Å²) in [4.78, 5) is 0.244. The number of rotatable bonds is 5. The van der Waals surface area contributed by atoms with Crippen molar-refractivity contribution >= 4 is 22.4 Å². The molecule has 0 aromatic heterocycles. The molecule has 0 radical (unpaired) electrons. The second kappa shape index (κ2) is 6.76. The van der Waals surface area contributed by atoms with Gasteiger partial charge in [-0.2, -0.15) is 0 Å². The second-order valence-corrected chi connectivity index (χ2v) is 6.65. The van der Waals surface area contributed by atoms with Crippen LogP contribution >= 0.6 is 12.4 Å². The fourth-order valence-corrected chi connectivity index (χ4v) is 3.97. The monoisotopic (exact) mass is 320 g/mol. The van der Waals surface area contributed by atoms with Crippen molar-refractivity contribution in [1.82, 2.24) is 4.72 Å². The first-order valence-electron chi connectivity index (χ1n) is 6.39. The van der Waals surface area contributed by atoms with Crippen LogP contribution in [0, 0.1) is 0 Å². The second-order valence-electron chi connectivity index (χ2n) is 4.97. The lowest BCUT2D eigenvalue weighted by Crippen LogP contribution is -2.51. The third-order valence-electron chi connectivity index (χ3n) is 3.67. The van der Waals surface area contributed by atoms with E-state index in [1.165, 1.54) is 0 Å². The number of halogens is 1. The smallest absolute Gasteiger partial charge is 0.241 e. The molecule has 0 aliphatic heterocycles. The number of nitrogens with one attached hydrogen (secondary N) is 1. The van der Waals surface area contributed by atoms with E-state index < -0.39 is 15.6 Å². The van der Waals surface area contributed by atoms with Gasteiger partial charge in [0.1, 0.15) is 5.75 Å². The fourth-order valence-electron chi connectivity index (χ4n) is 2.50. The molecule has 1 aromatic rings. The van der Waals surface area contributed by atoms with Crippen molar-refractivity contribution in [2.45, 2.75) is 36.1 Å². The number of hydrogen-bond acceptors (Lipinski definition) is 4. The van der Waals surface area contributed by atoms with Crippen LogP contribution in [0.1, 0.15) is 25.7 Å². The molecule has 20 heavy (non-hydrogen) atoms. The first-order chi connectivity index (χ1) is 9.01. The molecule has 1 saturated carbocycles. The first kappa shape index (κ1) is 17.2. The van der Waals surface area contributed by atoms with Gasteiger partial charge in [0.25, 0.3) is 0 Å². The lowest BCUT2D eigenvalue weighted by Gasteiger charge is -2.28. The fraction of sp³-hybridized carbons (Fsp3) is 0.538. The van der Waals surface area contributed by atoms with E-state index in [0.717, 1.165) is 25.7 Å². The lowest BCUT2D eigenvalue weighted by atomic mass is 10.0. The van der Waals surface area contributed by atoms with Crippen molar-refractivity contribution < 1.29 is 13.2 Å². The standard InChI is InChI=1S/C13H20N2O3S.ClH/c1-18-11-4-6-12(7-5-11)19(16,17)15-13(10-14)8-2-3-9-13;/h4-7,15H,2-3,8-10,14H2,1H3;1H. The Morgan fingerprint density at radius 3 is 2.25 bits per heavy atom. The highest BCUT2D eigenvalue weighted by Crippen LogP contribution is 2.30. The summed E-state index contributed by atoms with van der Waals surface area (Å²) in [5.41, 5.74) is 5.28. The molecule has 0 amide bonds. The van der Waals surface area contributed by atoms with Gasteiger partial charge in [0.2, 0.25) is 10.0 Å². The minimum Gasteiger partial charge on any atom is -0.497 e. The van der Waals surface area contributed by atoms with Crippen LogP contribution in [0.15, 0.2) is 29.2 Å². The average Bonchev–Trinajstić information content (AvgIpc) is 2.87. The van der Waals surface area contributed by atoms with Crippen molar-refractivity contribution in [3.05, 3.63) is 24.3 Å². The summed E-state index contributed by atoms with van der Waals surface area (Å²) >= 11 is 0. The normalized spacial score (nSPS) is 17.5. The Morgan fingerprint density at radius 1 is 1.25 bits per heavy atom. The maximum Gasteiger partial charge on any atom is 0.241 e. The van der Waals surface area contributed by atoms with E-state index >= 15 is 0 Å². The van der Waals surface area contributed by atoms with Gasteiger partial charge < -0.3 is 10.5 Å². The predicted octanol–water partition coefficient (Wildman–Crippen LogP) is 1.67. The summed E-state index contributed by atoms with van der Waals surface area (Å²) in [5, 5.41) is 0. The van der Waals surface area contributed by atoms with Gasteiger partial charge in [-0.05, 0) is 37.1 Å². The quantitative estimate of drug-likeness (QED) is 0.864. The van der Waals surface area contributed by atoms with E-state index in [2.05, 4.69) is 4.72 Å². The van der Waals surface area contributed by atoms with E-state index in [9.17, 15) is 8.42 Å². The molecule has 1 aliphatic rings. The Kier molecular flexibility index (Phi) is 5.82. The molecule has 0 unspecified atom stereocenters. The molecule has 5 nitrogen and oxygen atoms in total. The zero-order valence-corrected chi connectivity index (χ0v) is 13.1. The van der Waals surface area contributed by atoms with Crippen LogP contribution in [-0.4, -0.2) is 27.6 Å². The number of methoxy groups -OCH3 is 1. The molecular weight excluding hydrogens is 300 g/mol. The highest BCUT2D eigenvalue weighted by molar-refractivity contribution is 7.89. The summed E-state index contributed by atoms with van der Waals surface area (Å²) in [6.07, 6.45) is 3.64. The molecule has 0 spiro atoms. The topological polar surface area (TPSA) is 81.4 Å². The molecule has 1 fully saturated rings. The van der Waals surface area contributed by atoms with Gasteiger partial charge in [0.15, 0.2) is 0 Å². The Bertz CT molecular complexity index is 525. The van der Waals surface area contributed by atoms with Crippen molar-refractivity contribution in [3.8, 4) is 5.75 Å². The zero-order chi connectivity index (χ0) is 13.9. The van der Waals surface area contributed by atoms with Gasteiger partial charge >= 0.3 is 0 Å². The molecule has 3 N–H and O–H groups in total. The lowest BCUT2D eigenvalue weighted by molar-refractivity contribution is 0.399. The van der Waals surface area contributed by atoms with Gasteiger partial charge in [-0.3, -0.25) is 0 Å². The summed E-state index contributed by atoms with van der Waals surface area (Å²) in [5.74, 6) is 0.633. The third-order valence-corrected chi connectivity index (χ3v) is 5.27. The Hall–Kier alpha value is -0.820. The summed E-state index contributed by atoms with van der Waals surface area (Å²) < 4.78 is 32.5. The van der Waals surface area contributed by atoms with E-state index in [1.807, 2.05) is 0 Å². The molecule has 2 rings (SSSR count). The average molecular weight is 321 g/mol. The largest absolute Gasteiger partial charge is 0.497 e. The molecule has 0 heterocycles. The van der Waals surface area contributed by atoms with Crippen LogP contribution in [0.4, 0.5) is 0 Å². The summed E-state index contributed by atoms with van der Waals surface area (Å²) in [6.45, 7) is 0.336. The number of ether oxygens (including phenoxy) is 1. The maximum atomic E-state index is 12.3. The van der Waals surface area contributed by atoms with Crippen LogP contribution in [0.25, 0.3) is 0 Å². The number of nitrogens with two attached hydrogens (primary N) is 1. The minimum atomic E-state index is -3.52. The van der Waals surface area contributed by atoms with Crippen molar-refractivity contribution in [1.29, 1.82) is 0 Å². The number of sulfonamides is 1. The van der Waals surface area contributed by atoms with Crippen molar-refractivity contribution in [2.24, 2.45) is 5.73 Å². The Balaban J connectivity index is 0.00000200.